The SMILES string of the molecule is CC(O)C=O.CC1CN(C)CC(C)N1C. The number of piperazine rings is 1. The highest BCUT2D eigenvalue weighted by Crippen LogP contribution is 2.10. The van der Waals surface area contributed by atoms with Gasteiger partial charge >= 0.3 is 0 Å². The van der Waals surface area contributed by atoms with Crippen molar-refractivity contribution in [1.29, 1.82) is 0 Å². The topological polar surface area (TPSA) is 43.8 Å². The molecule has 1 N–H and O–H groups in total. The molecule has 0 radical (unpaired) electrons. The summed E-state index contributed by atoms with van der Waals surface area (Å²) in [4.78, 5) is 14.1. The number of aliphatic hydroxyl groups excluding tert-OH is 1. The van der Waals surface area contributed by atoms with Gasteiger partial charge < -0.3 is 14.8 Å². The molecule has 0 saturated carbocycles. The zero-order valence-electron chi connectivity index (χ0n) is 10.5. The third-order valence-corrected chi connectivity index (χ3v) is 2.74. The van der Waals surface area contributed by atoms with Crippen molar-refractivity contribution in [2.45, 2.75) is 39.0 Å². The van der Waals surface area contributed by atoms with Gasteiger partial charge in [0.25, 0.3) is 0 Å². The Morgan fingerprint density at radius 1 is 1.27 bits per heavy atom. The van der Waals surface area contributed by atoms with Crippen LogP contribution in [0.4, 0.5) is 0 Å². The number of aldehydes is 1. The maximum absolute atomic E-state index is 9.25. The van der Waals surface area contributed by atoms with E-state index in [-0.39, 0.29) is 0 Å². The summed E-state index contributed by atoms with van der Waals surface area (Å²) < 4.78 is 0. The summed E-state index contributed by atoms with van der Waals surface area (Å²) >= 11 is 0. The summed E-state index contributed by atoms with van der Waals surface area (Å²) in [6.45, 7) is 8.40. The van der Waals surface area contributed by atoms with Gasteiger partial charge in [0.2, 0.25) is 0 Å². The van der Waals surface area contributed by atoms with E-state index in [0.29, 0.717) is 18.4 Å². The third-order valence-electron chi connectivity index (χ3n) is 2.74. The summed E-state index contributed by atoms with van der Waals surface area (Å²) in [6, 6.07) is 1.43. The molecular weight excluding hydrogens is 192 g/mol. The molecule has 1 fully saturated rings. The first-order valence-electron chi connectivity index (χ1n) is 5.42. The average molecular weight is 216 g/mol. The lowest BCUT2D eigenvalue weighted by atomic mass is 10.1. The second-order valence-corrected chi connectivity index (χ2v) is 4.46. The molecule has 0 bridgehead atoms. The minimum absolute atomic E-state index is 0.472. The molecule has 1 aliphatic rings. The van der Waals surface area contributed by atoms with Crippen molar-refractivity contribution >= 4 is 6.29 Å². The molecule has 4 heteroatoms. The van der Waals surface area contributed by atoms with Gasteiger partial charge in [-0.2, -0.15) is 0 Å². The van der Waals surface area contributed by atoms with Crippen LogP contribution in [0.3, 0.4) is 0 Å². The van der Waals surface area contributed by atoms with Crippen LogP contribution in [-0.2, 0) is 4.79 Å². The lowest BCUT2D eigenvalue weighted by molar-refractivity contribution is -0.114. The molecule has 15 heavy (non-hydrogen) atoms. The summed E-state index contributed by atoms with van der Waals surface area (Å²) in [5.41, 5.74) is 0. The van der Waals surface area contributed by atoms with E-state index in [1.165, 1.54) is 20.0 Å². The van der Waals surface area contributed by atoms with Crippen LogP contribution < -0.4 is 0 Å². The van der Waals surface area contributed by atoms with E-state index in [1.807, 2.05) is 0 Å². The Labute approximate surface area is 92.9 Å². The van der Waals surface area contributed by atoms with Crippen LogP contribution in [0, 0.1) is 0 Å². The van der Waals surface area contributed by atoms with E-state index in [4.69, 9.17) is 5.11 Å². The van der Waals surface area contributed by atoms with Gasteiger partial charge in [0.05, 0.1) is 0 Å². The fourth-order valence-corrected chi connectivity index (χ4v) is 1.67. The van der Waals surface area contributed by atoms with Crippen LogP contribution in [0.5, 0.6) is 0 Å². The predicted molar refractivity (Wildman–Crippen MR) is 61.9 cm³/mol. The molecule has 1 saturated heterocycles. The quantitative estimate of drug-likeness (QED) is 0.636. The van der Waals surface area contributed by atoms with E-state index in [2.05, 4.69) is 37.7 Å². The number of hydrogen-bond donors (Lipinski definition) is 1. The second kappa shape index (κ2) is 6.93. The van der Waals surface area contributed by atoms with Crippen molar-refractivity contribution < 1.29 is 9.90 Å². The highest BCUT2D eigenvalue weighted by molar-refractivity contribution is 5.54. The zero-order valence-corrected chi connectivity index (χ0v) is 10.5. The minimum Gasteiger partial charge on any atom is -0.386 e. The van der Waals surface area contributed by atoms with Gasteiger partial charge in [-0.05, 0) is 34.9 Å². The van der Waals surface area contributed by atoms with Crippen LogP contribution in [-0.4, -0.2) is 66.6 Å². The molecule has 4 nitrogen and oxygen atoms in total. The Balaban J connectivity index is 0.000000336. The van der Waals surface area contributed by atoms with Gasteiger partial charge in [-0.15, -0.1) is 0 Å². The van der Waals surface area contributed by atoms with Crippen molar-refractivity contribution in [3.8, 4) is 0 Å². The lowest BCUT2D eigenvalue weighted by Gasteiger charge is -2.40. The molecule has 1 heterocycles. The first-order chi connectivity index (χ1) is 6.88. The molecule has 0 spiro atoms. The van der Waals surface area contributed by atoms with E-state index in [1.54, 1.807) is 0 Å². The summed E-state index contributed by atoms with van der Waals surface area (Å²) in [7, 11) is 4.41. The standard InChI is InChI=1S/C8H18N2.C3H6O2/c1-7-5-9(3)6-8(2)10(7)4;1-3(5)2-4/h7-8H,5-6H2,1-4H3;2-3,5H,1H3. The molecule has 0 aliphatic carbocycles. The Kier molecular flexibility index (Phi) is 6.72. The number of aliphatic hydroxyl groups is 1. The van der Waals surface area contributed by atoms with Gasteiger partial charge in [0.1, 0.15) is 12.4 Å². The predicted octanol–water partition coefficient (Wildman–Crippen LogP) is 0.207. The summed E-state index contributed by atoms with van der Waals surface area (Å²) in [5.74, 6) is 0. The number of nitrogens with zero attached hydrogens (tertiary/aromatic N) is 2. The van der Waals surface area contributed by atoms with Crippen LogP contribution in [0.15, 0.2) is 0 Å². The fourth-order valence-electron chi connectivity index (χ4n) is 1.67. The largest absolute Gasteiger partial charge is 0.386 e. The van der Waals surface area contributed by atoms with Crippen molar-refractivity contribution in [3.05, 3.63) is 0 Å². The molecule has 0 aromatic heterocycles. The molecule has 3 atom stereocenters. The number of hydrogen-bond acceptors (Lipinski definition) is 4. The highest BCUT2D eigenvalue weighted by atomic mass is 16.3. The molecule has 3 unspecified atom stereocenters. The third kappa shape index (κ3) is 5.87. The van der Waals surface area contributed by atoms with Gasteiger partial charge in [-0.1, -0.05) is 0 Å². The Morgan fingerprint density at radius 2 is 1.60 bits per heavy atom. The monoisotopic (exact) mass is 216 g/mol. The lowest BCUT2D eigenvalue weighted by Crippen LogP contribution is -2.53. The first-order valence-corrected chi connectivity index (χ1v) is 5.42. The Bertz CT molecular complexity index is 173. The van der Waals surface area contributed by atoms with Crippen molar-refractivity contribution in [3.63, 3.8) is 0 Å². The fraction of sp³-hybridized carbons (Fsp3) is 0.909. The molecule has 0 aromatic rings. The van der Waals surface area contributed by atoms with E-state index < -0.39 is 6.10 Å². The maximum Gasteiger partial charge on any atom is 0.148 e. The smallest absolute Gasteiger partial charge is 0.148 e. The minimum atomic E-state index is -0.796. The molecular formula is C11H24N2O2. The van der Waals surface area contributed by atoms with Crippen LogP contribution in [0.2, 0.25) is 0 Å². The molecule has 90 valence electrons. The summed E-state index contributed by atoms with van der Waals surface area (Å²) in [6.07, 6.45) is -0.324. The van der Waals surface area contributed by atoms with Crippen LogP contribution in [0.25, 0.3) is 0 Å². The van der Waals surface area contributed by atoms with Gasteiger partial charge in [0.15, 0.2) is 0 Å². The molecule has 0 amide bonds. The van der Waals surface area contributed by atoms with Crippen LogP contribution in [0.1, 0.15) is 20.8 Å². The number of carbonyl (C=O) groups excluding carboxylic acids is 1. The number of likely N-dealkylation sites (N-methyl/N-ethyl adjacent to an activating group) is 2. The Morgan fingerprint density at radius 3 is 1.87 bits per heavy atom. The van der Waals surface area contributed by atoms with Crippen LogP contribution >= 0.6 is 0 Å². The molecule has 1 rings (SSSR count). The second-order valence-electron chi connectivity index (χ2n) is 4.46. The van der Waals surface area contributed by atoms with Crippen molar-refractivity contribution in [2.75, 3.05) is 27.2 Å². The zero-order chi connectivity index (χ0) is 12.0. The van der Waals surface area contributed by atoms with E-state index in [9.17, 15) is 4.79 Å². The molecule has 0 aromatic carbocycles. The van der Waals surface area contributed by atoms with Gasteiger partial charge in [-0.3, -0.25) is 4.90 Å². The first kappa shape index (κ1) is 14.6. The Hall–Kier alpha value is -0.450. The molecule has 1 aliphatic heterocycles. The van der Waals surface area contributed by atoms with Crippen molar-refractivity contribution in [1.82, 2.24) is 9.80 Å². The van der Waals surface area contributed by atoms with Crippen molar-refractivity contribution in [2.24, 2.45) is 0 Å². The van der Waals surface area contributed by atoms with Gasteiger partial charge in [0, 0.05) is 25.2 Å². The number of carbonyl (C=O) groups is 1. The van der Waals surface area contributed by atoms with E-state index >= 15 is 0 Å². The average Bonchev–Trinajstić information content (AvgIpc) is 2.15. The van der Waals surface area contributed by atoms with E-state index in [0.717, 1.165) is 0 Å². The number of rotatable bonds is 1. The maximum atomic E-state index is 9.25. The summed E-state index contributed by atoms with van der Waals surface area (Å²) in [5, 5.41) is 7.99. The normalized spacial score (nSPS) is 30.3. The highest BCUT2D eigenvalue weighted by Gasteiger charge is 2.23. The van der Waals surface area contributed by atoms with Gasteiger partial charge in [-0.25, -0.2) is 0 Å².